The summed E-state index contributed by atoms with van der Waals surface area (Å²) >= 11 is 0. The monoisotopic (exact) mass is 416 g/mol. The Labute approximate surface area is 175 Å². The Morgan fingerprint density at radius 2 is 2.13 bits per heavy atom. The quantitative estimate of drug-likeness (QED) is 0.530. The van der Waals surface area contributed by atoms with Crippen molar-refractivity contribution in [3.63, 3.8) is 0 Å². The molecular formula is C21H28N4O5. The first-order valence-electron chi connectivity index (χ1n) is 10.2. The van der Waals surface area contributed by atoms with Gasteiger partial charge in [-0.3, -0.25) is 20.0 Å². The highest BCUT2D eigenvalue weighted by molar-refractivity contribution is 6.06. The van der Waals surface area contributed by atoms with Gasteiger partial charge in [0.05, 0.1) is 29.0 Å². The molecule has 3 unspecified atom stereocenters. The number of benzene rings is 1. The summed E-state index contributed by atoms with van der Waals surface area (Å²) in [6.45, 7) is 10.1. The molecule has 3 atom stereocenters. The number of ether oxygens (including phenoxy) is 2. The Morgan fingerprint density at radius 3 is 2.70 bits per heavy atom. The molecule has 30 heavy (non-hydrogen) atoms. The first-order chi connectivity index (χ1) is 14.2. The van der Waals surface area contributed by atoms with E-state index in [-0.39, 0.29) is 17.8 Å². The zero-order valence-electron chi connectivity index (χ0n) is 18.0. The van der Waals surface area contributed by atoms with Gasteiger partial charge >= 0.3 is 6.09 Å². The standard InChI is InChI=1S/C21H28N4O5/c1-6-16-17(19-23-21(4,5)12-30-19)18(14-9-8-10-15(11-14)25(27)28)24(13(3)22-16)20(26)29-7-2/h8-11,13,17-18H,6-7,12H2,1-5H3. The zero-order valence-corrected chi connectivity index (χ0v) is 18.0. The second-order valence-electron chi connectivity index (χ2n) is 8.04. The van der Waals surface area contributed by atoms with Crippen LogP contribution < -0.4 is 0 Å². The van der Waals surface area contributed by atoms with Crippen LogP contribution in [0.2, 0.25) is 0 Å². The van der Waals surface area contributed by atoms with Gasteiger partial charge in [0, 0.05) is 17.8 Å². The fourth-order valence-corrected chi connectivity index (χ4v) is 3.96. The minimum atomic E-state index is -0.584. The maximum atomic E-state index is 12.9. The second-order valence-corrected chi connectivity index (χ2v) is 8.04. The highest BCUT2D eigenvalue weighted by Gasteiger charge is 2.47. The molecule has 2 aliphatic rings. The molecule has 3 rings (SSSR count). The molecule has 0 N–H and O–H groups in total. The van der Waals surface area contributed by atoms with E-state index in [0.717, 1.165) is 5.71 Å². The van der Waals surface area contributed by atoms with E-state index in [9.17, 15) is 14.9 Å². The van der Waals surface area contributed by atoms with Crippen LogP contribution in [-0.4, -0.2) is 52.4 Å². The normalized spacial score (nSPS) is 25.2. The predicted octanol–water partition coefficient (Wildman–Crippen LogP) is 4.13. The van der Waals surface area contributed by atoms with E-state index in [4.69, 9.17) is 19.5 Å². The summed E-state index contributed by atoms with van der Waals surface area (Å²) in [5.74, 6) is 0.0534. The number of carbonyl (C=O) groups excluding carboxylic acids is 1. The lowest BCUT2D eigenvalue weighted by Crippen LogP contribution is -2.51. The van der Waals surface area contributed by atoms with Crippen LogP contribution in [0.3, 0.4) is 0 Å². The van der Waals surface area contributed by atoms with Gasteiger partial charge in [-0.25, -0.2) is 9.79 Å². The number of nitro groups is 1. The van der Waals surface area contributed by atoms with Gasteiger partial charge in [-0.2, -0.15) is 0 Å². The van der Waals surface area contributed by atoms with Crippen LogP contribution in [0.15, 0.2) is 34.3 Å². The summed E-state index contributed by atoms with van der Waals surface area (Å²) in [7, 11) is 0. The van der Waals surface area contributed by atoms with Gasteiger partial charge in [-0.15, -0.1) is 0 Å². The van der Waals surface area contributed by atoms with E-state index in [1.54, 1.807) is 19.1 Å². The highest BCUT2D eigenvalue weighted by atomic mass is 16.6. The molecule has 2 aliphatic heterocycles. The summed E-state index contributed by atoms with van der Waals surface area (Å²) in [5, 5.41) is 11.4. The smallest absolute Gasteiger partial charge is 0.412 e. The third-order valence-corrected chi connectivity index (χ3v) is 5.25. The molecule has 1 aromatic carbocycles. The van der Waals surface area contributed by atoms with Gasteiger partial charge in [-0.1, -0.05) is 19.1 Å². The van der Waals surface area contributed by atoms with Crippen LogP contribution in [0.5, 0.6) is 0 Å². The lowest BCUT2D eigenvalue weighted by Gasteiger charge is -2.42. The first-order valence-corrected chi connectivity index (χ1v) is 10.2. The van der Waals surface area contributed by atoms with E-state index >= 15 is 0 Å². The van der Waals surface area contributed by atoms with Crippen LogP contribution in [0.1, 0.15) is 52.6 Å². The van der Waals surface area contributed by atoms with E-state index in [0.29, 0.717) is 24.5 Å². The number of nitro benzene ring substituents is 1. The lowest BCUT2D eigenvalue weighted by atomic mass is 9.84. The zero-order chi connectivity index (χ0) is 22.1. The second kappa shape index (κ2) is 8.41. The molecule has 0 aromatic heterocycles. The van der Waals surface area contributed by atoms with Crippen molar-refractivity contribution in [2.45, 2.75) is 58.8 Å². The van der Waals surface area contributed by atoms with Gasteiger partial charge in [0.15, 0.2) is 5.90 Å². The number of carbonyl (C=O) groups is 1. The Hall–Kier alpha value is -2.97. The third-order valence-electron chi connectivity index (χ3n) is 5.25. The van der Waals surface area contributed by atoms with Gasteiger partial charge < -0.3 is 9.47 Å². The number of rotatable bonds is 5. The topological polar surface area (TPSA) is 107 Å². The Morgan fingerprint density at radius 1 is 1.40 bits per heavy atom. The number of non-ortho nitro benzene ring substituents is 1. The van der Waals surface area contributed by atoms with Crippen LogP contribution in [0, 0.1) is 16.0 Å². The summed E-state index contributed by atoms with van der Waals surface area (Å²) < 4.78 is 11.3. The van der Waals surface area contributed by atoms with Crippen LogP contribution in [0.25, 0.3) is 0 Å². The van der Waals surface area contributed by atoms with E-state index < -0.39 is 29.1 Å². The number of aliphatic imine (C=N–C) groups is 2. The summed E-state index contributed by atoms with van der Waals surface area (Å²) in [5.41, 5.74) is 1.03. The van der Waals surface area contributed by atoms with Crippen molar-refractivity contribution in [2.75, 3.05) is 13.2 Å². The van der Waals surface area contributed by atoms with Crippen molar-refractivity contribution in [1.82, 2.24) is 4.90 Å². The first kappa shape index (κ1) is 21.7. The predicted molar refractivity (Wildman–Crippen MR) is 113 cm³/mol. The van der Waals surface area contributed by atoms with Crippen LogP contribution in [0.4, 0.5) is 10.5 Å². The number of hydrogen-bond acceptors (Lipinski definition) is 7. The van der Waals surface area contributed by atoms with Crippen LogP contribution in [-0.2, 0) is 9.47 Å². The van der Waals surface area contributed by atoms with E-state index in [1.807, 2.05) is 27.7 Å². The molecule has 1 aromatic rings. The Balaban J connectivity index is 2.19. The van der Waals surface area contributed by atoms with Crippen molar-refractivity contribution in [3.05, 3.63) is 39.9 Å². The molecule has 0 saturated heterocycles. The minimum Gasteiger partial charge on any atom is -0.478 e. The third kappa shape index (κ3) is 4.15. The van der Waals surface area contributed by atoms with Crippen LogP contribution >= 0.6 is 0 Å². The fraction of sp³-hybridized carbons (Fsp3) is 0.571. The highest BCUT2D eigenvalue weighted by Crippen LogP contribution is 2.40. The van der Waals surface area contributed by atoms with Gasteiger partial charge in [0.1, 0.15) is 12.8 Å². The molecule has 0 radical (unpaired) electrons. The van der Waals surface area contributed by atoms with Gasteiger partial charge in [0.2, 0.25) is 0 Å². The molecular weight excluding hydrogens is 388 g/mol. The molecule has 1 amide bonds. The largest absolute Gasteiger partial charge is 0.478 e. The number of hydrogen-bond donors (Lipinski definition) is 0. The van der Waals surface area contributed by atoms with E-state index in [1.165, 1.54) is 17.0 Å². The average molecular weight is 416 g/mol. The molecule has 0 saturated carbocycles. The molecule has 2 heterocycles. The molecule has 0 fully saturated rings. The van der Waals surface area contributed by atoms with Gasteiger partial charge in [-0.05, 0) is 39.7 Å². The molecule has 9 nitrogen and oxygen atoms in total. The maximum absolute atomic E-state index is 12.9. The summed E-state index contributed by atoms with van der Waals surface area (Å²) in [6.07, 6.45) is -0.377. The number of amides is 1. The van der Waals surface area contributed by atoms with Crippen molar-refractivity contribution in [1.29, 1.82) is 0 Å². The summed E-state index contributed by atoms with van der Waals surface area (Å²) in [4.78, 5) is 34.9. The molecule has 162 valence electrons. The van der Waals surface area contributed by atoms with Crippen molar-refractivity contribution in [3.8, 4) is 0 Å². The van der Waals surface area contributed by atoms with E-state index in [2.05, 4.69) is 0 Å². The SMILES string of the molecule is CCOC(=O)N1C(C)N=C(CC)C(C2=NC(C)(C)CO2)C1c1cccc([N+](=O)[O-])c1. The van der Waals surface area contributed by atoms with Crippen molar-refractivity contribution < 1.29 is 19.2 Å². The maximum Gasteiger partial charge on any atom is 0.412 e. The molecule has 0 aliphatic carbocycles. The Bertz CT molecular complexity index is 895. The lowest BCUT2D eigenvalue weighted by molar-refractivity contribution is -0.385. The number of nitrogens with zero attached hydrogens (tertiary/aromatic N) is 4. The molecule has 0 spiro atoms. The average Bonchev–Trinajstić information content (AvgIpc) is 3.06. The van der Waals surface area contributed by atoms with Crippen molar-refractivity contribution in [2.24, 2.45) is 15.9 Å². The molecule has 0 bridgehead atoms. The fourth-order valence-electron chi connectivity index (χ4n) is 3.96. The molecule has 9 heteroatoms. The van der Waals surface area contributed by atoms with Crippen molar-refractivity contribution >= 4 is 23.4 Å². The Kier molecular flexibility index (Phi) is 6.09. The summed E-state index contributed by atoms with van der Waals surface area (Å²) in [6, 6.07) is 5.75. The van der Waals surface area contributed by atoms with Gasteiger partial charge in [0.25, 0.3) is 5.69 Å². The minimum absolute atomic E-state index is 0.0436.